The van der Waals surface area contributed by atoms with E-state index in [1.807, 2.05) is 0 Å². The van der Waals surface area contributed by atoms with Gasteiger partial charge in [0.25, 0.3) is 0 Å². The van der Waals surface area contributed by atoms with Crippen LogP contribution in [0.25, 0.3) is 0 Å². The standard InChI is InChI=1S/C53H98O6/c1-4-7-10-13-16-19-22-23-24-25-26-27-28-29-32-34-37-40-43-46-52(55)58-49-50(59-53(56)47-44-41-38-35-31-21-18-15-12-9-6-3)48-57-51(54)45-42-39-36-33-30-20-17-14-11-8-5-2/h15,18,21,31,50H,4-14,16-17,19-20,22-30,32-49H2,1-3H3/b18-15-,31-21-. The van der Waals surface area contributed by atoms with E-state index in [0.717, 1.165) is 70.6 Å². The predicted molar refractivity (Wildman–Crippen MR) is 252 cm³/mol. The summed E-state index contributed by atoms with van der Waals surface area (Å²) < 4.78 is 16.7. The number of carbonyl (C=O) groups excluding carboxylic acids is 3. The van der Waals surface area contributed by atoms with Crippen molar-refractivity contribution in [2.75, 3.05) is 13.2 Å². The Hall–Kier alpha value is -2.11. The highest BCUT2D eigenvalue weighted by Gasteiger charge is 2.19. The second-order valence-corrected chi connectivity index (χ2v) is 17.5. The van der Waals surface area contributed by atoms with Crippen LogP contribution in [0.4, 0.5) is 0 Å². The lowest BCUT2D eigenvalue weighted by Gasteiger charge is -2.18. The van der Waals surface area contributed by atoms with Crippen molar-refractivity contribution in [3.63, 3.8) is 0 Å². The fourth-order valence-corrected chi connectivity index (χ4v) is 7.54. The number of carbonyl (C=O) groups is 3. The Morgan fingerprint density at radius 1 is 0.339 bits per heavy atom. The summed E-state index contributed by atoms with van der Waals surface area (Å²) in [5, 5.41) is 0. The zero-order chi connectivity index (χ0) is 43.0. The quantitative estimate of drug-likeness (QED) is 0.0263. The number of ether oxygens (including phenoxy) is 3. The Kier molecular flexibility index (Phi) is 46.8. The summed E-state index contributed by atoms with van der Waals surface area (Å²) in [4.78, 5) is 37.8. The molecule has 6 heteroatoms. The third-order valence-corrected chi connectivity index (χ3v) is 11.5. The molecule has 0 aliphatic rings. The van der Waals surface area contributed by atoms with Gasteiger partial charge in [0.2, 0.25) is 0 Å². The number of unbranched alkanes of at least 4 members (excludes halogenated alkanes) is 33. The lowest BCUT2D eigenvalue weighted by atomic mass is 10.0. The van der Waals surface area contributed by atoms with Crippen molar-refractivity contribution in [3.05, 3.63) is 24.3 Å². The first-order valence-electron chi connectivity index (χ1n) is 25.9. The molecular formula is C53H98O6. The minimum atomic E-state index is -0.778. The molecule has 0 aliphatic carbocycles. The number of allylic oxidation sites excluding steroid dienone is 4. The van der Waals surface area contributed by atoms with E-state index in [1.54, 1.807) is 0 Å². The van der Waals surface area contributed by atoms with Crippen molar-refractivity contribution >= 4 is 17.9 Å². The van der Waals surface area contributed by atoms with E-state index in [1.165, 1.54) is 167 Å². The average molecular weight is 831 g/mol. The summed E-state index contributed by atoms with van der Waals surface area (Å²) in [6, 6.07) is 0. The Bertz CT molecular complexity index is 958. The van der Waals surface area contributed by atoms with Crippen LogP contribution in [0.1, 0.15) is 278 Å². The summed E-state index contributed by atoms with van der Waals surface area (Å²) in [6.45, 7) is 6.58. The molecule has 0 aliphatic heterocycles. The van der Waals surface area contributed by atoms with E-state index in [9.17, 15) is 14.4 Å². The van der Waals surface area contributed by atoms with E-state index < -0.39 is 6.10 Å². The van der Waals surface area contributed by atoms with Crippen molar-refractivity contribution in [3.8, 4) is 0 Å². The predicted octanol–water partition coefficient (Wildman–Crippen LogP) is 16.8. The molecule has 0 fully saturated rings. The number of rotatable bonds is 47. The first-order chi connectivity index (χ1) is 29.0. The molecule has 6 nitrogen and oxygen atoms in total. The molecular weight excluding hydrogens is 733 g/mol. The molecule has 0 spiro atoms. The zero-order valence-electron chi connectivity index (χ0n) is 39.5. The average Bonchev–Trinajstić information content (AvgIpc) is 3.23. The molecule has 346 valence electrons. The lowest BCUT2D eigenvalue weighted by molar-refractivity contribution is -0.167. The van der Waals surface area contributed by atoms with Crippen molar-refractivity contribution in [1.82, 2.24) is 0 Å². The molecule has 0 saturated heterocycles. The maximum atomic E-state index is 12.7. The molecule has 59 heavy (non-hydrogen) atoms. The molecule has 0 amide bonds. The first kappa shape index (κ1) is 56.9. The van der Waals surface area contributed by atoms with Gasteiger partial charge in [-0.05, 0) is 38.5 Å². The van der Waals surface area contributed by atoms with Crippen LogP contribution in [-0.2, 0) is 28.6 Å². The van der Waals surface area contributed by atoms with Gasteiger partial charge in [-0.2, -0.15) is 0 Å². The van der Waals surface area contributed by atoms with Crippen molar-refractivity contribution in [2.24, 2.45) is 0 Å². The van der Waals surface area contributed by atoms with Crippen molar-refractivity contribution < 1.29 is 28.6 Å². The fourth-order valence-electron chi connectivity index (χ4n) is 7.54. The molecule has 0 aromatic carbocycles. The Labute approximate surface area is 366 Å². The summed E-state index contributed by atoms with van der Waals surface area (Å²) in [7, 11) is 0. The highest BCUT2D eigenvalue weighted by Crippen LogP contribution is 2.16. The van der Waals surface area contributed by atoms with Gasteiger partial charge in [-0.3, -0.25) is 14.4 Å². The van der Waals surface area contributed by atoms with Crippen LogP contribution >= 0.6 is 0 Å². The van der Waals surface area contributed by atoms with Gasteiger partial charge in [0.1, 0.15) is 13.2 Å². The summed E-state index contributed by atoms with van der Waals surface area (Å²) in [5.41, 5.74) is 0. The second kappa shape index (κ2) is 48.6. The normalized spacial score (nSPS) is 12.1. The van der Waals surface area contributed by atoms with Crippen LogP contribution in [0.3, 0.4) is 0 Å². The molecule has 1 atom stereocenters. The van der Waals surface area contributed by atoms with Crippen LogP contribution in [-0.4, -0.2) is 37.2 Å². The van der Waals surface area contributed by atoms with Gasteiger partial charge in [0.05, 0.1) is 0 Å². The van der Waals surface area contributed by atoms with E-state index >= 15 is 0 Å². The molecule has 0 aromatic heterocycles. The number of esters is 3. The van der Waals surface area contributed by atoms with Crippen LogP contribution in [0.5, 0.6) is 0 Å². The highest BCUT2D eigenvalue weighted by molar-refractivity contribution is 5.71. The highest BCUT2D eigenvalue weighted by atomic mass is 16.6. The topological polar surface area (TPSA) is 78.9 Å². The Morgan fingerprint density at radius 2 is 0.610 bits per heavy atom. The second-order valence-electron chi connectivity index (χ2n) is 17.5. The lowest BCUT2D eigenvalue weighted by Crippen LogP contribution is -2.30. The van der Waals surface area contributed by atoms with Gasteiger partial charge in [-0.15, -0.1) is 0 Å². The van der Waals surface area contributed by atoms with Gasteiger partial charge >= 0.3 is 17.9 Å². The van der Waals surface area contributed by atoms with Crippen LogP contribution in [0.2, 0.25) is 0 Å². The van der Waals surface area contributed by atoms with E-state index in [0.29, 0.717) is 19.3 Å². The largest absolute Gasteiger partial charge is 0.462 e. The zero-order valence-corrected chi connectivity index (χ0v) is 39.5. The maximum absolute atomic E-state index is 12.7. The molecule has 0 saturated carbocycles. The SMILES string of the molecule is CCCC/C=C\C=C/CCCCCC(=O)OC(COC(=O)CCCCCCCCCCCCC)COC(=O)CCCCCCCCCCCCCCCCCCCCC. The molecule has 0 rings (SSSR count). The summed E-state index contributed by atoms with van der Waals surface area (Å²) >= 11 is 0. The van der Waals surface area contributed by atoms with Gasteiger partial charge in [0, 0.05) is 19.3 Å². The van der Waals surface area contributed by atoms with Gasteiger partial charge < -0.3 is 14.2 Å². The first-order valence-corrected chi connectivity index (χ1v) is 25.9. The van der Waals surface area contributed by atoms with Gasteiger partial charge in [-0.1, -0.05) is 244 Å². The Morgan fingerprint density at radius 3 is 0.949 bits per heavy atom. The van der Waals surface area contributed by atoms with E-state index in [4.69, 9.17) is 14.2 Å². The number of hydrogen-bond acceptors (Lipinski definition) is 6. The van der Waals surface area contributed by atoms with E-state index in [2.05, 4.69) is 45.1 Å². The van der Waals surface area contributed by atoms with Gasteiger partial charge in [-0.25, -0.2) is 0 Å². The van der Waals surface area contributed by atoms with E-state index in [-0.39, 0.29) is 31.1 Å². The molecule has 0 heterocycles. The maximum Gasteiger partial charge on any atom is 0.306 e. The Balaban J connectivity index is 4.26. The minimum Gasteiger partial charge on any atom is -0.462 e. The molecule has 0 bridgehead atoms. The summed E-state index contributed by atoms with van der Waals surface area (Å²) in [6.07, 6.45) is 54.6. The van der Waals surface area contributed by atoms with Crippen LogP contribution < -0.4 is 0 Å². The fraction of sp³-hybridized carbons (Fsp3) is 0.868. The molecule has 1 unspecified atom stereocenters. The monoisotopic (exact) mass is 831 g/mol. The van der Waals surface area contributed by atoms with Gasteiger partial charge in [0.15, 0.2) is 6.10 Å². The summed E-state index contributed by atoms with van der Waals surface area (Å²) in [5.74, 6) is -0.894. The molecule has 0 N–H and O–H groups in total. The van der Waals surface area contributed by atoms with Crippen LogP contribution in [0, 0.1) is 0 Å². The molecule has 0 aromatic rings. The molecule has 0 radical (unpaired) electrons. The van der Waals surface area contributed by atoms with Crippen molar-refractivity contribution in [2.45, 2.75) is 284 Å². The van der Waals surface area contributed by atoms with Crippen molar-refractivity contribution in [1.29, 1.82) is 0 Å². The third kappa shape index (κ3) is 46.8. The minimum absolute atomic E-state index is 0.0774. The van der Waals surface area contributed by atoms with Crippen LogP contribution in [0.15, 0.2) is 24.3 Å². The number of hydrogen-bond donors (Lipinski definition) is 0. The third-order valence-electron chi connectivity index (χ3n) is 11.5. The smallest absolute Gasteiger partial charge is 0.306 e.